The third-order valence-corrected chi connectivity index (χ3v) is 2.19. The number of carboxylic acids is 1. The minimum atomic E-state index is -3.18. The van der Waals surface area contributed by atoms with Gasteiger partial charge in [0.2, 0.25) is 0 Å². The van der Waals surface area contributed by atoms with E-state index in [1.807, 2.05) is 0 Å². The Balaban J connectivity index is -0.0000000833. The van der Waals surface area contributed by atoms with Gasteiger partial charge in [0.1, 0.15) is 0 Å². The largest absolute Gasteiger partial charge is 1.00 e. The summed E-state index contributed by atoms with van der Waals surface area (Å²) in [5, 5.41) is 16.8. The van der Waals surface area contributed by atoms with Crippen molar-refractivity contribution in [1.29, 1.82) is 0 Å². The number of aliphatic hydroxyl groups is 1. The second-order valence-corrected chi connectivity index (χ2v) is 4.97. The number of carboxylic acid groups (broad SMARTS) is 1. The van der Waals surface area contributed by atoms with Crippen LogP contribution in [0.1, 0.15) is 9.27 Å². The summed E-state index contributed by atoms with van der Waals surface area (Å²) in [4.78, 5) is 18.7. The minimum absolute atomic E-state index is 0. The van der Waals surface area contributed by atoms with Gasteiger partial charge in [0.25, 0.3) is 0 Å². The van der Waals surface area contributed by atoms with Crippen LogP contribution >= 0.6 is 7.37 Å². The molecule has 5 nitrogen and oxygen atoms in total. The van der Waals surface area contributed by atoms with Crippen molar-refractivity contribution in [1.82, 2.24) is 0 Å². The molecule has 0 spiro atoms. The Kier molecular flexibility index (Phi) is 13.7. The standard InChI is InChI=1S/C5H11O5P.2Na.2H/c1-11(9,10)3-2-4(6)5(7)8;;;;/h4,6H,2-3H2,1H3,(H,7,8)(H,9,10);;;;/q;2*+1;2*-1. The fourth-order valence-corrected chi connectivity index (χ4v) is 1.21. The Hall–Kier alpha value is 1.62. The van der Waals surface area contributed by atoms with Crippen molar-refractivity contribution in [3.63, 3.8) is 0 Å². The molecule has 3 N–H and O–H groups in total. The molecule has 0 aromatic heterocycles. The molecule has 0 fully saturated rings. The first-order valence-corrected chi connectivity index (χ1v) is 5.32. The van der Waals surface area contributed by atoms with E-state index < -0.39 is 19.4 Å². The molecular formula is C5H13Na2O5P. The SMILES string of the molecule is CP(=O)(O)CCC(O)C(=O)O.[H-].[H-].[Na+].[Na+]. The Morgan fingerprint density at radius 3 is 2.15 bits per heavy atom. The van der Waals surface area contributed by atoms with E-state index in [2.05, 4.69) is 0 Å². The molecule has 0 amide bonds. The van der Waals surface area contributed by atoms with Crippen molar-refractivity contribution in [3.05, 3.63) is 0 Å². The molecule has 13 heavy (non-hydrogen) atoms. The van der Waals surface area contributed by atoms with E-state index in [9.17, 15) is 9.36 Å². The van der Waals surface area contributed by atoms with Crippen LogP contribution in [0, 0.1) is 0 Å². The predicted molar refractivity (Wildman–Crippen MR) is 41.1 cm³/mol. The van der Waals surface area contributed by atoms with Crippen LogP contribution in [0.15, 0.2) is 0 Å². The molecule has 0 aromatic carbocycles. The van der Waals surface area contributed by atoms with E-state index in [1.165, 1.54) is 0 Å². The third-order valence-electron chi connectivity index (χ3n) is 1.10. The van der Waals surface area contributed by atoms with Crippen molar-refractivity contribution < 1.29 is 86.4 Å². The van der Waals surface area contributed by atoms with Crippen molar-refractivity contribution in [2.75, 3.05) is 12.8 Å². The average molecular weight is 230 g/mol. The summed E-state index contributed by atoms with van der Waals surface area (Å²) in [6, 6.07) is 0. The molecule has 0 radical (unpaired) electrons. The molecule has 0 aromatic rings. The van der Waals surface area contributed by atoms with Gasteiger partial charge in [-0.1, -0.05) is 0 Å². The molecular weight excluding hydrogens is 217 g/mol. The van der Waals surface area contributed by atoms with E-state index >= 15 is 0 Å². The monoisotopic (exact) mass is 230 g/mol. The number of rotatable bonds is 4. The fraction of sp³-hybridized carbons (Fsp3) is 0.800. The van der Waals surface area contributed by atoms with Crippen LogP contribution in [0.25, 0.3) is 0 Å². The van der Waals surface area contributed by atoms with Crippen LogP contribution in [0.2, 0.25) is 0 Å². The van der Waals surface area contributed by atoms with Gasteiger partial charge >= 0.3 is 65.1 Å². The molecule has 0 aliphatic heterocycles. The number of hydrogen-bond donors (Lipinski definition) is 3. The van der Waals surface area contributed by atoms with Crippen molar-refractivity contribution in [2.45, 2.75) is 12.5 Å². The van der Waals surface area contributed by atoms with Gasteiger partial charge in [-0.2, -0.15) is 0 Å². The van der Waals surface area contributed by atoms with Crippen LogP contribution in [0.4, 0.5) is 0 Å². The minimum Gasteiger partial charge on any atom is -1.00 e. The fourth-order valence-electron chi connectivity index (χ4n) is 0.485. The Labute approximate surface area is 124 Å². The van der Waals surface area contributed by atoms with E-state index in [-0.39, 0.29) is 74.6 Å². The van der Waals surface area contributed by atoms with Crippen LogP contribution in [0.5, 0.6) is 0 Å². The molecule has 8 heteroatoms. The zero-order chi connectivity index (χ0) is 9.07. The summed E-state index contributed by atoms with van der Waals surface area (Å²) in [6.07, 6.45) is -1.88. The maximum Gasteiger partial charge on any atom is 1.00 e. The summed E-state index contributed by atoms with van der Waals surface area (Å²) in [5.41, 5.74) is 0. The van der Waals surface area contributed by atoms with Crippen LogP contribution in [-0.4, -0.2) is 40.0 Å². The molecule has 0 saturated carbocycles. The Bertz CT molecular complexity index is 200. The van der Waals surface area contributed by atoms with Gasteiger partial charge < -0.3 is 18.0 Å². The van der Waals surface area contributed by atoms with Gasteiger partial charge in [0, 0.05) is 12.8 Å². The summed E-state index contributed by atoms with van der Waals surface area (Å²) in [6.45, 7) is 1.13. The van der Waals surface area contributed by atoms with Gasteiger partial charge in [-0.05, 0) is 6.42 Å². The summed E-state index contributed by atoms with van der Waals surface area (Å²) < 4.78 is 10.6. The van der Waals surface area contributed by atoms with E-state index in [4.69, 9.17) is 15.1 Å². The van der Waals surface area contributed by atoms with Gasteiger partial charge in [0.15, 0.2) is 13.5 Å². The molecule has 0 saturated heterocycles. The first kappa shape index (κ1) is 20.1. The average Bonchev–Trinajstić information content (AvgIpc) is 1.80. The van der Waals surface area contributed by atoms with Gasteiger partial charge in [-0.15, -0.1) is 0 Å². The Morgan fingerprint density at radius 2 is 1.92 bits per heavy atom. The predicted octanol–water partition coefficient (Wildman–Crippen LogP) is -6.04. The van der Waals surface area contributed by atoms with Crippen molar-refractivity contribution in [2.24, 2.45) is 0 Å². The van der Waals surface area contributed by atoms with Crippen LogP contribution in [-0.2, 0) is 9.36 Å². The quantitative estimate of drug-likeness (QED) is 0.330. The molecule has 0 rings (SSSR count). The second-order valence-electron chi connectivity index (χ2n) is 2.42. The molecule has 0 bridgehead atoms. The molecule has 2 unspecified atom stereocenters. The zero-order valence-electron chi connectivity index (χ0n) is 10.1. The smallest absolute Gasteiger partial charge is 1.00 e. The first-order valence-electron chi connectivity index (χ1n) is 3.03. The topological polar surface area (TPSA) is 94.8 Å². The van der Waals surface area contributed by atoms with E-state index in [1.54, 1.807) is 0 Å². The van der Waals surface area contributed by atoms with Gasteiger partial charge in [0.05, 0.1) is 0 Å². The van der Waals surface area contributed by atoms with Crippen LogP contribution in [0.3, 0.4) is 0 Å². The van der Waals surface area contributed by atoms with Crippen molar-refractivity contribution in [3.8, 4) is 0 Å². The molecule has 0 aliphatic rings. The number of aliphatic carboxylic acids is 1. The molecule has 2 atom stereocenters. The number of carbonyl (C=O) groups is 1. The van der Waals surface area contributed by atoms with Crippen LogP contribution < -0.4 is 59.1 Å². The summed E-state index contributed by atoms with van der Waals surface area (Å²) >= 11 is 0. The zero-order valence-corrected chi connectivity index (χ0v) is 13.0. The maximum atomic E-state index is 10.6. The van der Waals surface area contributed by atoms with E-state index in [0.29, 0.717) is 0 Å². The van der Waals surface area contributed by atoms with Crippen molar-refractivity contribution >= 4 is 13.3 Å². The van der Waals surface area contributed by atoms with E-state index in [0.717, 1.165) is 6.66 Å². The summed E-state index contributed by atoms with van der Waals surface area (Å²) in [7, 11) is -3.18. The molecule has 70 valence electrons. The van der Waals surface area contributed by atoms with Gasteiger partial charge in [-0.3, -0.25) is 4.57 Å². The number of aliphatic hydroxyl groups excluding tert-OH is 1. The maximum absolute atomic E-state index is 10.6. The molecule has 0 aliphatic carbocycles. The summed E-state index contributed by atoms with van der Waals surface area (Å²) in [5.74, 6) is -1.36. The number of hydrogen-bond acceptors (Lipinski definition) is 3. The molecule has 0 heterocycles. The second kappa shape index (κ2) is 8.89. The Morgan fingerprint density at radius 1 is 1.54 bits per heavy atom. The van der Waals surface area contributed by atoms with Gasteiger partial charge in [-0.25, -0.2) is 4.79 Å². The third kappa shape index (κ3) is 13.6. The normalized spacial score (nSPS) is 15.9. The first-order chi connectivity index (χ1) is 4.83.